The summed E-state index contributed by atoms with van der Waals surface area (Å²) < 4.78 is 0. The number of hydrogen-bond donors (Lipinski definition) is 4. The Morgan fingerprint density at radius 3 is 2.91 bits per heavy atom. The predicted octanol–water partition coefficient (Wildman–Crippen LogP) is 1.92. The fourth-order valence-electron chi connectivity index (χ4n) is 3.84. The van der Waals surface area contributed by atoms with E-state index in [1.807, 2.05) is 12.1 Å². The molecule has 1 aliphatic heterocycles. The molecule has 4 rings (SSSR count). The van der Waals surface area contributed by atoms with Crippen molar-refractivity contribution in [2.45, 2.75) is 38.1 Å². The van der Waals surface area contributed by atoms with Gasteiger partial charge in [0.05, 0.1) is 11.1 Å². The molecular weight excluding hydrogens is 276 g/mol. The third-order valence-corrected chi connectivity index (χ3v) is 4.94. The number of carbonyl (C=O) groups is 1. The maximum atomic E-state index is 11.8. The van der Waals surface area contributed by atoms with Gasteiger partial charge in [-0.3, -0.25) is 4.79 Å². The Morgan fingerprint density at radius 2 is 2.14 bits per heavy atom. The first-order chi connectivity index (χ1) is 10.7. The Kier molecular flexibility index (Phi) is 3.30. The fraction of sp³-hybridized carbons (Fsp3) is 0.471. The molecule has 2 aromatic rings. The van der Waals surface area contributed by atoms with E-state index in [1.54, 1.807) is 0 Å². The molecule has 1 amide bonds. The first-order valence-corrected chi connectivity index (χ1v) is 8.17. The smallest absolute Gasteiger partial charge is 0.250 e. The van der Waals surface area contributed by atoms with Crippen molar-refractivity contribution in [3.63, 3.8) is 0 Å². The number of amides is 1. The topological polar surface area (TPSA) is 82.9 Å². The molecule has 22 heavy (non-hydrogen) atoms. The van der Waals surface area contributed by atoms with Gasteiger partial charge in [-0.2, -0.15) is 0 Å². The number of anilines is 1. The summed E-state index contributed by atoms with van der Waals surface area (Å²) in [5.74, 6) is -0.363. The standard InChI is InChI=1S/C17H22N4O/c18-17(22)12-5-6-14(20-10-7-8-19-9-10)15-11-3-1-2-4-13(11)21-16(12)15/h5-6,10,19-21H,1-4,7-9H2,(H2,18,22). The minimum absolute atomic E-state index is 0.363. The molecule has 0 saturated carbocycles. The van der Waals surface area contributed by atoms with Gasteiger partial charge < -0.3 is 21.4 Å². The summed E-state index contributed by atoms with van der Waals surface area (Å²) in [5, 5.41) is 8.21. The molecule has 5 N–H and O–H groups in total. The van der Waals surface area contributed by atoms with Crippen molar-refractivity contribution in [3.05, 3.63) is 29.0 Å². The van der Waals surface area contributed by atoms with Crippen LogP contribution in [0.5, 0.6) is 0 Å². The summed E-state index contributed by atoms with van der Waals surface area (Å²) in [6, 6.07) is 4.32. The normalized spacial score (nSPS) is 21.0. The highest BCUT2D eigenvalue weighted by Crippen LogP contribution is 2.36. The molecule has 5 nitrogen and oxygen atoms in total. The molecule has 0 bridgehead atoms. The minimum atomic E-state index is -0.363. The number of primary amides is 1. The van der Waals surface area contributed by atoms with Crippen LogP contribution >= 0.6 is 0 Å². The Balaban J connectivity index is 1.87. The van der Waals surface area contributed by atoms with Gasteiger partial charge in [0.2, 0.25) is 0 Å². The van der Waals surface area contributed by atoms with Gasteiger partial charge in [0.15, 0.2) is 0 Å². The molecule has 1 unspecified atom stereocenters. The quantitative estimate of drug-likeness (QED) is 0.698. The molecule has 2 aliphatic rings. The summed E-state index contributed by atoms with van der Waals surface area (Å²) >= 11 is 0. The lowest BCUT2D eigenvalue weighted by Crippen LogP contribution is -2.22. The predicted molar refractivity (Wildman–Crippen MR) is 88.4 cm³/mol. The summed E-state index contributed by atoms with van der Waals surface area (Å²) in [4.78, 5) is 15.2. The number of aryl methyl sites for hydroxylation is 2. The van der Waals surface area contributed by atoms with Gasteiger partial charge in [0, 0.05) is 29.4 Å². The molecule has 116 valence electrons. The van der Waals surface area contributed by atoms with Crippen LogP contribution in [0, 0.1) is 0 Å². The molecule has 1 fully saturated rings. The second kappa shape index (κ2) is 5.32. The highest BCUT2D eigenvalue weighted by Gasteiger charge is 2.23. The van der Waals surface area contributed by atoms with E-state index in [-0.39, 0.29) is 5.91 Å². The van der Waals surface area contributed by atoms with Gasteiger partial charge in [-0.25, -0.2) is 0 Å². The first-order valence-electron chi connectivity index (χ1n) is 8.17. The second-order valence-electron chi connectivity index (χ2n) is 6.40. The Bertz CT molecular complexity index is 728. The number of hydrogen-bond acceptors (Lipinski definition) is 3. The van der Waals surface area contributed by atoms with Crippen LogP contribution < -0.4 is 16.4 Å². The van der Waals surface area contributed by atoms with E-state index in [2.05, 4.69) is 15.6 Å². The molecule has 1 aromatic heterocycles. The number of benzene rings is 1. The molecule has 1 aliphatic carbocycles. The zero-order chi connectivity index (χ0) is 15.1. The largest absolute Gasteiger partial charge is 0.380 e. The van der Waals surface area contributed by atoms with Crippen LogP contribution in [0.4, 0.5) is 5.69 Å². The van der Waals surface area contributed by atoms with E-state index >= 15 is 0 Å². The van der Waals surface area contributed by atoms with Crippen molar-refractivity contribution in [3.8, 4) is 0 Å². The summed E-state index contributed by atoms with van der Waals surface area (Å²) in [6.07, 6.45) is 5.69. The number of carbonyl (C=O) groups excluding carboxylic acids is 1. The van der Waals surface area contributed by atoms with Gasteiger partial charge in [-0.05, 0) is 56.3 Å². The molecule has 0 spiro atoms. The lowest BCUT2D eigenvalue weighted by Gasteiger charge is -2.17. The maximum absolute atomic E-state index is 11.8. The van der Waals surface area contributed by atoms with Crippen molar-refractivity contribution < 1.29 is 4.79 Å². The van der Waals surface area contributed by atoms with Crippen LogP contribution in [0.2, 0.25) is 0 Å². The molecule has 2 heterocycles. The second-order valence-corrected chi connectivity index (χ2v) is 6.40. The SMILES string of the molecule is NC(=O)c1ccc(NC2CCNC2)c2c3c([nH]c12)CCCC3. The number of fused-ring (bicyclic) bond motifs is 3. The average molecular weight is 298 g/mol. The van der Waals surface area contributed by atoms with Gasteiger partial charge >= 0.3 is 0 Å². The molecule has 1 saturated heterocycles. The van der Waals surface area contributed by atoms with Crippen molar-refractivity contribution in [2.24, 2.45) is 5.73 Å². The van der Waals surface area contributed by atoms with Crippen LogP contribution in [0.25, 0.3) is 10.9 Å². The Morgan fingerprint density at radius 1 is 1.27 bits per heavy atom. The Labute approximate surface area is 129 Å². The minimum Gasteiger partial charge on any atom is -0.380 e. The summed E-state index contributed by atoms with van der Waals surface area (Å²) in [5.41, 5.74) is 10.9. The fourth-order valence-corrected chi connectivity index (χ4v) is 3.84. The summed E-state index contributed by atoms with van der Waals surface area (Å²) in [6.45, 7) is 2.05. The van der Waals surface area contributed by atoms with E-state index < -0.39 is 0 Å². The highest BCUT2D eigenvalue weighted by atomic mass is 16.1. The lowest BCUT2D eigenvalue weighted by molar-refractivity contribution is 0.100. The van der Waals surface area contributed by atoms with Gasteiger partial charge in [0.25, 0.3) is 5.91 Å². The lowest BCUT2D eigenvalue weighted by atomic mass is 9.94. The van der Waals surface area contributed by atoms with Gasteiger partial charge in [-0.15, -0.1) is 0 Å². The van der Waals surface area contributed by atoms with Gasteiger partial charge in [0.1, 0.15) is 0 Å². The number of nitrogens with two attached hydrogens (primary N) is 1. The maximum Gasteiger partial charge on any atom is 0.250 e. The van der Waals surface area contributed by atoms with E-state index in [0.29, 0.717) is 11.6 Å². The van der Waals surface area contributed by atoms with Crippen LogP contribution in [0.1, 0.15) is 40.9 Å². The first kappa shape index (κ1) is 13.6. The average Bonchev–Trinajstić information content (AvgIpc) is 3.14. The number of H-pyrrole nitrogens is 1. The number of aromatic nitrogens is 1. The molecule has 1 aromatic carbocycles. The van der Waals surface area contributed by atoms with Crippen LogP contribution in [-0.2, 0) is 12.8 Å². The van der Waals surface area contributed by atoms with Crippen molar-refractivity contribution in [1.29, 1.82) is 0 Å². The van der Waals surface area contributed by atoms with E-state index in [0.717, 1.165) is 43.6 Å². The van der Waals surface area contributed by atoms with Crippen molar-refractivity contribution >= 4 is 22.5 Å². The molecule has 1 atom stereocenters. The summed E-state index contributed by atoms with van der Waals surface area (Å²) in [7, 11) is 0. The van der Waals surface area contributed by atoms with E-state index in [4.69, 9.17) is 5.73 Å². The molecular formula is C17H22N4O. The van der Waals surface area contributed by atoms with E-state index in [1.165, 1.54) is 29.5 Å². The van der Waals surface area contributed by atoms with Crippen LogP contribution in [0.3, 0.4) is 0 Å². The monoisotopic (exact) mass is 298 g/mol. The van der Waals surface area contributed by atoms with Gasteiger partial charge in [-0.1, -0.05) is 0 Å². The van der Waals surface area contributed by atoms with Crippen molar-refractivity contribution in [1.82, 2.24) is 10.3 Å². The van der Waals surface area contributed by atoms with E-state index in [9.17, 15) is 4.79 Å². The highest BCUT2D eigenvalue weighted by molar-refractivity contribution is 6.10. The number of nitrogens with one attached hydrogen (secondary N) is 3. The zero-order valence-corrected chi connectivity index (χ0v) is 12.7. The Hall–Kier alpha value is -2.01. The van der Waals surface area contributed by atoms with Crippen LogP contribution in [-0.4, -0.2) is 30.0 Å². The zero-order valence-electron chi connectivity index (χ0n) is 12.7. The van der Waals surface area contributed by atoms with Crippen molar-refractivity contribution in [2.75, 3.05) is 18.4 Å². The number of aromatic amines is 1. The van der Waals surface area contributed by atoms with Crippen LogP contribution in [0.15, 0.2) is 12.1 Å². The number of rotatable bonds is 3. The third kappa shape index (κ3) is 2.16. The molecule has 5 heteroatoms. The third-order valence-electron chi connectivity index (χ3n) is 4.94. The molecule has 0 radical (unpaired) electrons.